The molecule has 0 unspecified atom stereocenters. The van der Waals surface area contributed by atoms with E-state index in [1.54, 1.807) is 6.07 Å². The molecular weight excluding hydrogens is 288 g/mol. The summed E-state index contributed by atoms with van der Waals surface area (Å²) >= 11 is 0. The van der Waals surface area contributed by atoms with Gasteiger partial charge in [-0.3, -0.25) is 0 Å². The van der Waals surface area contributed by atoms with E-state index in [4.69, 9.17) is 18.9 Å². The van der Waals surface area contributed by atoms with Gasteiger partial charge in [0.2, 0.25) is 6.29 Å². The molecule has 2 aromatic carbocycles. The lowest BCUT2D eigenvalue weighted by Gasteiger charge is -2.27. The highest BCUT2D eigenvalue weighted by Crippen LogP contribution is 2.48. The van der Waals surface area contributed by atoms with Gasteiger partial charge in [-0.1, -0.05) is 0 Å². The number of cyclic esters (lactones) is 1. The molecule has 1 aliphatic heterocycles. The molecule has 0 fully saturated rings. The van der Waals surface area contributed by atoms with Crippen LogP contribution in [-0.4, -0.2) is 32.4 Å². The van der Waals surface area contributed by atoms with Gasteiger partial charge in [-0.2, -0.15) is 0 Å². The second-order valence-electron chi connectivity index (χ2n) is 5.01. The molecule has 1 aliphatic rings. The zero-order valence-electron chi connectivity index (χ0n) is 12.7. The lowest BCUT2D eigenvalue weighted by Crippen LogP contribution is -2.21. The Morgan fingerprint density at radius 3 is 2.36 bits per heavy atom. The fraction of sp³-hybridized carbons (Fsp3) is 0.312. The van der Waals surface area contributed by atoms with Crippen molar-refractivity contribution in [2.75, 3.05) is 21.3 Å². The molecule has 116 valence electrons. The number of phenolic OH excluding ortho intramolecular Hbond substituents is 1. The predicted molar refractivity (Wildman–Crippen MR) is 78.6 cm³/mol. The Morgan fingerprint density at radius 2 is 1.77 bits per heavy atom. The van der Waals surface area contributed by atoms with Crippen LogP contribution in [0.4, 0.5) is 0 Å². The second kappa shape index (κ2) is 5.06. The van der Waals surface area contributed by atoms with E-state index >= 15 is 0 Å². The number of esters is 1. The van der Waals surface area contributed by atoms with Crippen molar-refractivity contribution < 1.29 is 28.8 Å². The highest BCUT2D eigenvalue weighted by atomic mass is 16.7. The number of hydrogen-bond donors (Lipinski definition) is 1. The molecule has 22 heavy (non-hydrogen) atoms. The van der Waals surface area contributed by atoms with Crippen molar-refractivity contribution in [1.29, 1.82) is 0 Å². The molecule has 0 saturated heterocycles. The summed E-state index contributed by atoms with van der Waals surface area (Å²) in [4.78, 5) is 12.3. The third kappa shape index (κ3) is 1.80. The van der Waals surface area contributed by atoms with Gasteiger partial charge in [-0.15, -0.1) is 0 Å². The number of hydrogen-bond acceptors (Lipinski definition) is 6. The quantitative estimate of drug-likeness (QED) is 0.879. The summed E-state index contributed by atoms with van der Waals surface area (Å²) in [5.41, 5.74) is 1.52. The van der Waals surface area contributed by atoms with Gasteiger partial charge in [0.1, 0.15) is 22.8 Å². The number of carbonyl (C=O) groups excluding carboxylic acids is 1. The molecule has 0 amide bonds. The first-order chi connectivity index (χ1) is 10.5. The molecule has 6 heteroatoms. The molecule has 2 aromatic rings. The zero-order chi connectivity index (χ0) is 16.0. The summed E-state index contributed by atoms with van der Waals surface area (Å²) < 4.78 is 21.1. The van der Waals surface area contributed by atoms with Gasteiger partial charge in [0.05, 0.1) is 19.8 Å². The summed E-state index contributed by atoms with van der Waals surface area (Å²) in [6.45, 7) is 1.88. The predicted octanol–water partition coefficient (Wildman–Crippen LogP) is 2.69. The molecule has 3 rings (SSSR count). The highest BCUT2D eigenvalue weighted by molar-refractivity contribution is 6.13. The SMILES string of the molecule is COc1cc(C)c2c(OC)cc(O)c3c2c1C(=O)O[C@H]3OC. The molecule has 0 spiro atoms. The van der Waals surface area contributed by atoms with Crippen molar-refractivity contribution in [3.63, 3.8) is 0 Å². The fourth-order valence-corrected chi connectivity index (χ4v) is 2.92. The molecule has 0 bridgehead atoms. The number of carbonyl (C=O) groups is 1. The number of aromatic hydroxyl groups is 1. The van der Waals surface area contributed by atoms with Crippen LogP contribution in [0, 0.1) is 6.92 Å². The molecule has 1 heterocycles. The third-order valence-electron chi connectivity index (χ3n) is 3.86. The van der Waals surface area contributed by atoms with E-state index in [0.29, 0.717) is 22.4 Å². The number of ether oxygens (including phenoxy) is 4. The van der Waals surface area contributed by atoms with Crippen LogP contribution < -0.4 is 9.47 Å². The maximum absolute atomic E-state index is 12.3. The van der Waals surface area contributed by atoms with Crippen molar-refractivity contribution in [3.05, 3.63) is 28.8 Å². The van der Waals surface area contributed by atoms with Crippen molar-refractivity contribution in [2.24, 2.45) is 0 Å². The van der Waals surface area contributed by atoms with E-state index in [1.165, 1.54) is 27.4 Å². The van der Waals surface area contributed by atoms with Crippen LogP contribution in [0.2, 0.25) is 0 Å². The van der Waals surface area contributed by atoms with Gasteiger partial charge in [-0.25, -0.2) is 4.79 Å². The van der Waals surface area contributed by atoms with Gasteiger partial charge in [-0.05, 0) is 18.6 Å². The largest absolute Gasteiger partial charge is 0.507 e. The van der Waals surface area contributed by atoms with Crippen molar-refractivity contribution in [3.8, 4) is 17.2 Å². The second-order valence-corrected chi connectivity index (χ2v) is 5.01. The number of phenols is 1. The van der Waals surface area contributed by atoms with Gasteiger partial charge < -0.3 is 24.1 Å². The Bertz CT molecular complexity index is 780. The summed E-state index contributed by atoms with van der Waals surface area (Å²) in [5, 5.41) is 11.6. The summed E-state index contributed by atoms with van der Waals surface area (Å²) in [6.07, 6.45) is -0.972. The van der Waals surface area contributed by atoms with Gasteiger partial charge in [0, 0.05) is 23.9 Å². The first kappa shape index (κ1) is 14.5. The highest BCUT2D eigenvalue weighted by Gasteiger charge is 2.35. The Morgan fingerprint density at radius 1 is 1.09 bits per heavy atom. The molecule has 6 nitrogen and oxygen atoms in total. The number of rotatable bonds is 3. The Kier molecular flexibility index (Phi) is 3.33. The van der Waals surface area contributed by atoms with Gasteiger partial charge >= 0.3 is 5.97 Å². The van der Waals surface area contributed by atoms with E-state index < -0.39 is 12.3 Å². The molecule has 0 saturated carbocycles. The monoisotopic (exact) mass is 304 g/mol. The summed E-state index contributed by atoms with van der Waals surface area (Å²) in [6, 6.07) is 3.24. The summed E-state index contributed by atoms with van der Waals surface area (Å²) in [7, 11) is 4.40. The van der Waals surface area contributed by atoms with Crippen molar-refractivity contribution in [2.45, 2.75) is 13.2 Å². The van der Waals surface area contributed by atoms with Crippen LogP contribution in [0.1, 0.15) is 27.8 Å². The molecule has 0 aliphatic carbocycles. The lowest BCUT2D eigenvalue weighted by molar-refractivity contribution is -0.0949. The standard InChI is InChI=1S/C16H16O6/c1-7-5-9(19-2)13-14-11(7)10(20-3)6-8(17)12(14)16(21-4)22-15(13)18/h5-6,16-17H,1-4H3/t16-/m1/s1. The van der Waals surface area contributed by atoms with Crippen molar-refractivity contribution in [1.82, 2.24) is 0 Å². The van der Waals surface area contributed by atoms with Crippen molar-refractivity contribution >= 4 is 16.7 Å². The minimum absolute atomic E-state index is 0.0578. The third-order valence-corrected chi connectivity index (χ3v) is 3.86. The lowest BCUT2D eigenvalue weighted by atomic mass is 9.91. The van der Waals surface area contributed by atoms with E-state index in [2.05, 4.69) is 0 Å². The van der Waals surface area contributed by atoms with Gasteiger partial charge in [0.15, 0.2) is 0 Å². The first-order valence-corrected chi connectivity index (χ1v) is 6.68. The Hall–Kier alpha value is -2.47. The van der Waals surface area contributed by atoms with E-state index in [9.17, 15) is 9.90 Å². The topological polar surface area (TPSA) is 74.2 Å². The molecule has 0 aromatic heterocycles. The Balaban J connectivity index is 2.57. The van der Waals surface area contributed by atoms with Crippen LogP contribution in [0.25, 0.3) is 10.8 Å². The normalized spacial score (nSPS) is 16.5. The molecule has 1 atom stereocenters. The molecular formula is C16H16O6. The maximum atomic E-state index is 12.3. The van der Waals surface area contributed by atoms with Crippen LogP contribution in [-0.2, 0) is 9.47 Å². The number of aryl methyl sites for hydroxylation is 1. The first-order valence-electron chi connectivity index (χ1n) is 6.68. The van der Waals surface area contributed by atoms with Crippen LogP contribution in [0.15, 0.2) is 12.1 Å². The van der Waals surface area contributed by atoms with Gasteiger partial charge in [0.25, 0.3) is 0 Å². The number of methoxy groups -OCH3 is 3. The Labute approximate surface area is 127 Å². The van der Waals surface area contributed by atoms with Crippen LogP contribution in [0.5, 0.6) is 17.2 Å². The number of benzene rings is 2. The zero-order valence-corrected chi connectivity index (χ0v) is 12.7. The molecule has 1 N–H and O–H groups in total. The van der Waals surface area contributed by atoms with E-state index in [1.807, 2.05) is 6.92 Å². The minimum Gasteiger partial charge on any atom is -0.507 e. The maximum Gasteiger partial charge on any atom is 0.345 e. The summed E-state index contributed by atoms with van der Waals surface area (Å²) in [5.74, 6) is 0.243. The van der Waals surface area contributed by atoms with E-state index in [-0.39, 0.29) is 11.3 Å². The minimum atomic E-state index is -0.972. The average Bonchev–Trinajstić information content (AvgIpc) is 2.51. The van der Waals surface area contributed by atoms with Crippen LogP contribution >= 0.6 is 0 Å². The fourth-order valence-electron chi connectivity index (χ4n) is 2.92. The van der Waals surface area contributed by atoms with Crippen LogP contribution in [0.3, 0.4) is 0 Å². The smallest absolute Gasteiger partial charge is 0.345 e. The van der Waals surface area contributed by atoms with E-state index in [0.717, 1.165) is 10.9 Å². The average molecular weight is 304 g/mol. The molecule has 0 radical (unpaired) electrons.